The van der Waals surface area contributed by atoms with Crippen LogP contribution in [0.25, 0.3) is 22.0 Å². The number of sulfonamides is 1. The van der Waals surface area contributed by atoms with E-state index < -0.39 is 168 Å². The van der Waals surface area contributed by atoms with Crippen LogP contribution in [0.15, 0.2) is 42.5 Å². The van der Waals surface area contributed by atoms with Crippen LogP contribution in [0.3, 0.4) is 0 Å². The van der Waals surface area contributed by atoms with Crippen molar-refractivity contribution < 1.29 is 80.5 Å². The van der Waals surface area contributed by atoms with Gasteiger partial charge < -0.3 is 20.8 Å². The van der Waals surface area contributed by atoms with E-state index >= 15 is 8.78 Å². The predicted molar refractivity (Wildman–Crippen MR) is 240 cm³/mol. The molecule has 5 aromatic rings. The highest BCUT2D eigenvalue weighted by Gasteiger charge is 2.54. The van der Waals surface area contributed by atoms with E-state index in [2.05, 4.69) is 20.5 Å². The van der Waals surface area contributed by atoms with Crippen LogP contribution in [0.1, 0.15) is 67.1 Å². The summed E-state index contributed by atoms with van der Waals surface area (Å²) in [4.78, 5) is 32.4. The summed E-state index contributed by atoms with van der Waals surface area (Å²) in [5, 5.41) is 29.7. The quantitative estimate of drug-likeness (QED) is 0.0712. The summed E-state index contributed by atoms with van der Waals surface area (Å²) in [7, 11) is -8.64. The Kier molecular flexibility index (Phi) is 15.5. The first-order chi connectivity index (χ1) is 33.1. The zero-order valence-electron chi connectivity index (χ0n) is 38.4. The van der Waals surface area contributed by atoms with Gasteiger partial charge in [0.05, 0.1) is 57.9 Å². The number of sulfone groups is 1. The van der Waals surface area contributed by atoms with E-state index in [1.54, 1.807) is 0 Å². The second-order valence-corrected chi connectivity index (χ2v) is 22.8. The number of hydrogen-bond donors (Lipinski definition) is 4. The van der Waals surface area contributed by atoms with E-state index in [4.69, 9.17) is 11.6 Å². The molecular weight excluding hydrogens is 1050 g/mol. The van der Waals surface area contributed by atoms with Crippen LogP contribution >= 0.6 is 11.6 Å². The third-order valence-electron chi connectivity index (χ3n) is 12.0. The Morgan fingerprint density at radius 1 is 0.917 bits per heavy atom. The number of rotatable bonds is 17. The van der Waals surface area contributed by atoms with Gasteiger partial charge in [0, 0.05) is 40.6 Å². The van der Waals surface area contributed by atoms with Gasteiger partial charge in [-0.25, -0.2) is 30.4 Å². The normalized spacial score (nSPS) is 15.8. The molecular formula is C43H45ClF10N8O8S2. The summed E-state index contributed by atoms with van der Waals surface area (Å²) < 4.78 is 198. The van der Waals surface area contributed by atoms with Gasteiger partial charge in [0.25, 0.3) is 5.92 Å². The lowest BCUT2D eigenvalue weighted by molar-refractivity contribution is -0.143. The highest BCUT2D eigenvalue weighted by Crippen LogP contribution is 2.50. The van der Waals surface area contributed by atoms with Gasteiger partial charge in [0.2, 0.25) is 15.9 Å². The lowest BCUT2D eigenvalue weighted by Crippen LogP contribution is -2.50. The number of aromatic nitrogens is 5. The average molecular weight is 1090 g/mol. The van der Waals surface area contributed by atoms with Crippen LogP contribution in [0.2, 0.25) is 5.02 Å². The largest absolute Gasteiger partial charge is 0.435 e. The Morgan fingerprint density at radius 3 is 2.08 bits per heavy atom. The number of aliphatic hydroxyl groups is 2. The number of nitrogens with one attached hydrogen (secondary N) is 2. The molecule has 0 radical (unpaired) electrons. The van der Waals surface area contributed by atoms with Crippen molar-refractivity contribution in [2.24, 2.45) is 5.92 Å². The Hall–Kier alpha value is -5.58. The van der Waals surface area contributed by atoms with Crippen LogP contribution in [0.4, 0.5) is 54.5 Å². The van der Waals surface area contributed by atoms with E-state index in [1.807, 2.05) is 5.32 Å². The van der Waals surface area contributed by atoms with E-state index in [0.29, 0.717) is 12.3 Å². The number of carbonyl (C=O) groups excluding carboxylic acids is 2. The number of fused-ring (bicyclic) bond motifs is 2. The summed E-state index contributed by atoms with van der Waals surface area (Å²) >= 11 is 6.60. The highest BCUT2D eigenvalue weighted by atomic mass is 35.5. The minimum atomic E-state index is -5.24. The molecule has 0 saturated carbocycles. The van der Waals surface area contributed by atoms with Crippen LogP contribution in [-0.4, -0.2) is 106 Å². The number of nitrogens with zero attached hydrogens (tertiary/aromatic N) is 6. The zero-order valence-corrected chi connectivity index (χ0v) is 40.8. The summed E-state index contributed by atoms with van der Waals surface area (Å²) in [6.07, 6.45) is -10.7. The maximum atomic E-state index is 15.5. The van der Waals surface area contributed by atoms with Gasteiger partial charge in [-0.1, -0.05) is 30.7 Å². The molecule has 394 valence electrons. The van der Waals surface area contributed by atoms with Gasteiger partial charge >= 0.3 is 18.4 Å². The number of hydrogen-bond acceptors (Lipinski definition) is 11. The second-order valence-electron chi connectivity index (χ2n) is 17.9. The Labute approximate surface area is 409 Å². The van der Waals surface area contributed by atoms with Crippen molar-refractivity contribution >= 4 is 60.1 Å². The second kappa shape index (κ2) is 20.0. The molecule has 72 heavy (non-hydrogen) atoms. The van der Waals surface area contributed by atoms with Crippen molar-refractivity contribution in [1.29, 1.82) is 0 Å². The third-order valence-corrected chi connectivity index (χ3v) is 15.5. The molecule has 3 aromatic heterocycles. The molecule has 6 rings (SSSR count). The number of benzene rings is 2. The van der Waals surface area contributed by atoms with Crippen molar-refractivity contribution in [1.82, 2.24) is 35.2 Å². The molecule has 1 aliphatic carbocycles. The Bertz CT molecular complexity index is 3120. The number of amides is 3. The molecule has 0 saturated heterocycles. The lowest BCUT2D eigenvalue weighted by atomic mass is 9.93. The first kappa shape index (κ1) is 55.7. The van der Waals surface area contributed by atoms with Crippen molar-refractivity contribution in [3.05, 3.63) is 93.0 Å². The molecule has 0 bridgehead atoms. The number of carbonyl (C=O) groups is 2. The standard InChI is InChI=1S/C43H45ClF10N8O8S2/c1-21-12-29-36(43(52,53)54)58-60(37(29)42(21,50)51)17-32(65)57-31(15-22-13-23(45)16-24(46)14-22)34-27(7-6-25(55-34)10-11-40(2,3)71(4,67)68)28-8-9-30(44)33-35(28)61(20-41(47,48)49)59-38(33)62(72(5,69)70)39(66)56-26(18-63)19-64/h6-9,13-14,16,21,26,31,63-64H,10-12,15,17-20H2,1-5H3,(H,56,66)(H,57,65)/t21-,31+/m1/s1. The summed E-state index contributed by atoms with van der Waals surface area (Å²) in [5.41, 5.74) is -5.65. The number of halogens is 11. The van der Waals surface area contributed by atoms with E-state index in [9.17, 15) is 71.8 Å². The smallest absolute Gasteiger partial charge is 0.394 e. The monoisotopic (exact) mass is 1090 g/mol. The molecule has 2 atom stereocenters. The van der Waals surface area contributed by atoms with Crippen LogP contribution < -0.4 is 14.9 Å². The molecule has 0 aliphatic heterocycles. The molecule has 3 heterocycles. The van der Waals surface area contributed by atoms with E-state index in [0.717, 1.165) is 37.4 Å². The Balaban J connectivity index is 1.64. The minimum absolute atomic E-state index is 0.0282. The summed E-state index contributed by atoms with van der Waals surface area (Å²) in [5.74, 6) is -10.2. The Morgan fingerprint density at radius 2 is 1.53 bits per heavy atom. The molecule has 29 heteroatoms. The lowest BCUT2D eigenvalue weighted by Gasteiger charge is -2.25. The van der Waals surface area contributed by atoms with Gasteiger partial charge in [-0.15, -0.1) is 0 Å². The van der Waals surface area contributed by atoms with Gasteiger partial charge in [0.1, 0.15) is 30.4 Å². The number of pyridine rings is 1. The van der Waals surface area contributed by atoms with Crippen molar-refractivity contribution in [2.75, 3.05) is 30.0 Å². The molecule has 2 aromatic carbocycles. The first-order valence-corrected chi connectivity index (χ1v) is 25.5. The maximum absolute atomic E-state index is 15.5. The molecule has 0 spiro atoms. The van der Waals surface area contributed by atoms with Crippen LogP contribution in [0.5, 0.6) is 0 Å². The van der Waals surface area contributed by atoms with Crippen molar-refractivity contribution in [3.8, 4) is 11.1 Å². The molecule has 0 unspecified atom stereocenters. The third kappa shape index (κ3) is 11.8. The van der Waals surface area contributed by atoms with Gasteiger partial charge in [-0.3, -0.25) is 19.1 Å². The van der Waals surface area contributed by atoms with E-state index in [1.165, 1.54) is 26.0 Å². The average Bonchev–Trinajstić information content (AvgIpc) is 3.85. The fourth-order valence-electron chi connectivity index (χ4n) is 8.09. The van der Waals surface area contributed by atoms with Gasteiger partial charge in [-0.05, 0) is 69.4 Å². The molecule has 1 aliphatic rings. The fraction of sp³-hybridized carbons (Fsp3) is 0.465. The minimum Gasteiger partial charge on any atom is -0.394 e. The van der Waals surface area contributed by atoms with Crippen molar-refractivity contribution in [3.63, 3.8) is 0 Å². The summed E-state index contributed by atoms with van der Waals surface area (Å²) in [6.45, 7) is -1.41. The van der Waals surface area contributed by atoms with E-state index in [-0.39, 0.29) is 48.9 Å². The summed E-state index contributed by atoms with van der Waals surface area (Å²) in [6, 6.07) is 1.89. The molecule has 4 N–H and O–H groups in total. The highest BCUT2D eigenvalue weighted by molar-refractivity contribution is 7.93. The first-order valence-electron chi connectivity index (χ1n) is 21.4. The fourth-order valence-corrected chi connectivity index (χ4v) is 9.59. The van der Waals surface area contributed by atoms with Gasteiger partial charge in [-0.2, -0.15) is 49.6 Å². The topological polar surface area (TPSA) is 219 Å². The van der Waals surface area contributed by atoms with Crippen molar-refractivity contribution in [2.45, 2.75) is 94.6 Å². The number of aliphatic hydroxyl groups excluding tert-OH is 2. The number of anilines is 1. The SMILES string of the molecule is C[C@@H]1Cc2c(C(F)(F)F)nn(CC(=O)N[C@@H](Cc3cc(F)cc(F)c3)c3nc(CCC(C)(C)S(C)(=O)=O)ccc3-c3ccc(Cl)c4c(N(C(=O)NC(CO)CO)S(C)(=O)=O)nn(CC(F)(F)F)c34)c2C1(F)F. The number of alkyl halides is 8. The number of urea groups is 1. The molecule has 3 amide bonds. The van der Waals surface area contributed by atoms with Crippen LogP contribution in [0, 0.1) is 17.6 Å². The zero-order chi connectivity index (χ0) is 53.8. The predicted octanol–water partition coefficient (Wildman–Crippen LogP) is 6.78. The van der Waals surface area contributed by atoms with Crippen LogP contribution in [-0.2, 0) is 69.1 Å². The number of aryl methyl sites for hydroxylation is 1. The van der Waals surface area contributed by atoms with Gasteiger partial charge in [0.15, 0.2) is 21.3 Å². The maximum Gasteiger partial charge on any atom is 0.435 e. The molecule has 0 fully saturated rings. The molecule has 16 nitrogen and oxygen atoms in total.